The summed E-state index contributed by atoms with van der Waals surface area (Å²) in [6.07, 6.45) is 30.0. The number of unbranched alkanes of at least 4 members (excludes halogenated alkanes) is 11. The molecular formula is C62H87N3O6. The van der Waals surface area contributed by atoms with Gasteiger partial charge in [0.1, 0.15) is 24.7 Å². The van der Waals surface area contributed by atoms with Gasteiger partial charge in [0.25, 0.3) is 0 Å². The van der Waals surface area contributed by atoms with Gasteiger partial charge in [-0.15, -0.1) is 0 Å². The molecule has 1 fully saturated rings. The van der Waals surface area contributed by atoms with Gasteiger partial charge < -0.3 is 29.7 Å². The summed E-state index contributed by atoms with van der Waals surface area (Å²) in [7, 11) is 1.62. The maximum atomic E-state index is 13.9. The first-order valence-electron chi connectivity index (χ1n) is 27.9. The van der Waals surface area contributed by atoms with Crippen LogP contribution in [0.4, 0.5) is 4.79 Å². The highest BCUT2D eigenvalue weighted by Gasteiger charge is 2.29. The summed E-state index contributed by atoms with van der Waals surface area (Å²) in [6.45, 7) is 4.08. The third-order valence-corrected chi connectivity index (χ3v) is 14.8. The lowest BCUT2D eigenvalue weighted by Crippen LogP contribution is -2.40. The molecule has 0 bridgehead atoms. The molecule has 2 aliphatic rings. The van der Waals surface area contributed by atoms with Crippen LogP contribution in [0.15, 0.2) is 91.0 Å². The van der Waals surface area contributed by atoms with E-state index in [1.165, 1.54) is 134 Å². The average Bonchev–Trinajstić information content (AvgIpc) is 3.71. The van der Waals surface area contributed by atoms with Crippen LogP contribution in [0.2, 0.25) is 0 Å². The number of fused-ring (bicyclic) bond motifs is 3. The summed E-state index contributed by atoms with van der Waals surface area (Å²) in [4.78, 5) is 41.6. The van der Waals surface area contributed by atoms with Gasteiger partial charge in [0.05, 0.1) is 13.7 Å². The number of benzene rings is 4. The van der Waals surface area contributed by atoms with Crippen LogP contribution < -0.4 is 20.1 Å². The van der Waals surface area contributed by atoms with Crippen molar-refractivity contribution in [3.05, 3.63) is 119 Å². The van der Waals surface area contributed by atoms with E-state index in [4.69, 9.17) is 14.2 Å². The van der Waals surface area contributed by atoms with Crippen molar-refractivity contribution in [2.75, 3.05) is 33.4 Å². The highest BCUT2D eigenvalue weighted by Crippen LogP contribution is 2.44. The number of hydrogen-bond acceptors (Lipinski definition) is 6. The van der Waals surface area contributed by atoms with Crippen LogP contribution in [0.3, 0.4) is 0 Å². The molecule has 0 aliphatic heterocycles. The fraction of sp³-hybridized carbons (Fsp3) is 0.565. The maximum Gasteiger partial charge on any atom is 0.407 e. The van der Waals surface area contributed by atoms with Crippen molar-refractivity contribution in [1.29, 1.82) is 0 Å². The number of nitrogens with zero attached hydrogens (tertiary/aromatic N) is 1. The van der Waals surface area contributed by atoms with Gasteiger partial charge in [0, 0.05) is 43.6 Å². The second kappa shape index (κ2) is 31.9. The first-order chi connectivity index (χ1) is 34.9. The number of amides is 3. The van der Waals surface area contributed by atoms with E-state index >= 15 is 0 Å². The van der Waals surface area contributed by atoms with E-state index in [2.05, 4.69) is 66.1 Å². The molecule has 2 aliphatic carbocycles. The molecule has 0 aromatic heterocycles. The highest BCUT2D eigenvalue weighted by molar-refractivity contribution is 5.83. The number of alkyl carbamates (subject to hydrolysis) is 1. The molecule has 4 aromatic carbocycles. The Balaban J connectivity index is 0.944. The smallest absolute Gasteiger partial charge is 0.407 e. The molecule has 4 aromatic rings. The summed E-state index contributed by atoms with van der Waals surface area (Å²) < 4.78 is 17.7. The van der Waals surface area contributed by atoms with E-state index in [-0.39, 0.29) is 30.9 Å². The molecule has 0 unspecified atom stereocenters. The standard InChI is InChI=1S/C62H87N3O6/c1-3-4-5-6-7-8-9-10-14-17-20-27-42-65(61(67)46-64-62(68)71-48-58-56-33-25-23-31-54(56)55-32-24-26-34-57(55)58)47-52-40-41-53(44-59(52)69-2)70-43-28-35-60(66)63-45-49-36-38-51(39-37-49)50-29-21-18-15-12-11-13-16-19-22-30-50/h23-26,31-34,36-41,44,50,58H,3-22,27-30,35,42-43,45-48H2,1-2H3,(H,63,66)(H,64,68). The Labute approximate surface area is 427 Å². The van der Waals surface area contributed by atoms with Crippen molar-refractivity contribution < 1.29 is 28.6 Å². The highest BCUT2D eigenvalue weighted by atomic mass is 16.5. The molecule has 0 heterocycles. The minimum atomic E-state index is -0.608. The zero-order chi connectivity index (χ0) is 49.7. The zero-order valence-electron chi connectivity index (χ0n) is 43.6. The van der Waals surface area contributed by atoms with E-state index in [0.717, 1.165) is 52.6 Å². The Morgan fingerprint density at radius 3 is 1.82 bits per heavy atom. The van der Waals surface area contributed by atoms with Gasteiger partial charge in [0.2, 0.25) is 11.8 Å². The molecule has 386 valence electrons. The second-order valence-electron chi connectivity index (χ2n) is 20.3. The van der Waals surface area contributed by atoms with E-state index < -0.39 is 6.09 Å². The lowest BCUT2D eigenvalue weighted by atomic mass is 9.87. The number of hydrogen-bond donors (Lipinski definition) is 2. The van der Waals surface area contributed by atoms with Gasteiger partial charge in [-0.2, -0.15) is 0 Å². The quantitative estimate of drug-likeness (QED) is 0.0549. The minimum absolute atomic E-state index is 0.0102. The van der Waals surface area contributed by atoms with Gasteiger partial charge in [0.15, 0.2) is 0 Å². The van der Waals surface area contributed by atoms with Crippen LogP contribution in [0.1, 0.15) is 207 Å². The minimum Gasteiger partial charge on any atom is -0.496 e. The normalized spacial score (nSPS) is 14.3. The summed E-state index contributed by atoms with van der Waals surface area (Å²) in [5.74, 6) is 1.67. The number of rotatable bonds is 28. The maximum absolute atomic E-state index is 13.9. The van der Waals surface area contributed by atoms with Crippen molar-refractivity contribution in [2.45, 2.75) is 192 Å². The topological polar surface area (TPSA) is 106 Å². The van der Waals surface area contributed by atoms with Crippen LogP contribution >= 0.6 is 0 Å². The van der Waals surface area contributed by atoms with Crippen molar-refractivity contribution in [3.8, 4) is 22.6 Å². The molecule has 0 saturated heterocycles. The van der Waals surface area contributed by atoms with Crippen molar-refractivity contribution in [3.63, 3.8) is 0 Å². The van der Waals surface area contributed by atoms with Gasteiger partial charge in [-0.3, -0.25) is 9.59 Å². The van der Waals surface area contributed by atoms with Crippen LogP contribution in [0, 0.1) is 0 Å². The van der Waals surface area contributed by atoms with E-state index in [1.807, 2.05) is 47.4 Å². The van der Waals surface area contributed by atoms with Crippen molar-refractivity contribution in [2.24, 2.45) is 0 Å². The number of nitrogens with one attached hydrogen (secondary N) is 2. The lowest BCUT2D eigenvalue weighted by Gasteiger charge is -2.24. The van der Waals surface area contributed by atoms with E-state index in [1.54, 1.807) is 7.11 Å². The Morgan fingerprint density at radius 1 is 0.634 bits per heavy atom. The number of ether oxygens (including phenoxy) is 3. The third-order valence-electron chi connectivity index (χ3n) is 14.8. The van der Waals surface area contributed by atoms with Crippen LogP contribution in [-0.4, -0.2) is 56.2 Å². The Kier molecular flexibility index (Phi) is 24.7. The molecule has 9 nitrogen and oxygen atoms in total. The predicted molar refractivity (Wildman–Crippen MR) is 289 cm³/mol. The molecular weight excluding hydrogens is 883 g/mol. The summed E-state index contributed by atoms with van der Waals surface area (Å²) in [5.41, 5.74) is 8.03. The molecule has 3 amide bonds. The summed E-state index contributed by atoms with van der Waals surface area (Å²) >= 11 is 0. The molecule has 0 radical (unpaired) electrons. The molecule has 6 rings (SSSR count). The first-order valence-corrected chi connectivity index (χ1v) is 27.9. The van der Waals surface area contributed by atoms with Crippen LogP contribution in [0.25, 0.3) is 11.1 Å². The first kappa shape index (κ1) is 55.0. The van der Waals surface area contributed by atoms with Crippen molar-refractivity contribution in [1.82, 2.24) is 15.5 Å². The predicted octanol–water partition coefficient (Wildman–Crippen LogP) is 15.1. The van der Waals surface area contributed by atoms with Crippen molar-refractivity contribution >= 4 is 17.9 Å². The number of methoxy groups -OCH3 is 1. The summed E-state index contributed by atoms with van der Waals surface area (Å²) in [5, 5.41) is 5.84. The Morgan fingerprint density at radius 2 is 1.21 bits per heavy atom. The molecule has 71 heavy (non-hydrogen) atoms. The van der Waals surface area contributed by atoms with Crippen LogP contribution in [-0.2, 0) is 27.4 Å². The van der Waals surface area contributed by atoms with E-state index in [9.17, 15) is 14.4 Å². The molecule has 1 saturated carbocycles. The fourth-order valence-corrected chi connectivity index (χ4v) is 10.6. The molecule has 0 spiro atoms. The monoisotopic (exact) mass is 970 g/mol. The summed E-state index contributed by atoms with van der Waals surface area (Å²) in [6, 6.07) is 31.1. The van der Waals surface area contributed by atoms with Crippen LogP contribution in [0.5, 0.6) is 11.5 Å². The molecule has 0 atom stereocenters. The number of carbonyl (C=O) groups excluding carboxylic acids is 3. The number of carbonyl (C=O) groups is 3. The second-order valence-corrected chi connectivity index (χ2v) is 20.3. The third kappa shape index (κ3) is 19.0. The van der Waals surface area contributed by atoms with Gasteiger partial charge in [-0.05, 0) is 77.1 Å². The molecule has 9 heteroatoms. The average molecular weight is 970 g/mol. The van der Waals surface area contributed by atoms with E-state index in [0.29, 0.717) is 56.5 Å². The van der Waals surface area contributed by atoms with Gasteiger partial charge in [-0.25, -0.2) is 4.79 Å². The Bertz CT molecular complexity index is 2110. The van der Waals surface area contributed by atoms with Gasteiger partial charge in [-0.1, -0.05) is 208 Å². The van der Waals surface area contributed by atoms with Gasteiger partial charge >= 0.3 is 6.09 Å². The Hall–Kier alpha value is -5.31. The fourth-order valence-electron chi connectivity index (χ4n) is 10.6. The lowest BCUT2D eigenvalue weighted by molar-refractivity contribution is -0.131. The SMILES string of the molecule is CCCCCCCCCCCCCCN(Cc1ccc(OCCCC(=O)NCc2ccc(C3CCCCCCCCCCC3)cc2)cc1OC)C(=O)CNC(=O)OCC1c2ccccc2-c2ccccc21. The largest absolute Gasteiger partial charge is 0.496 e. The molecule has 2 N–H and O–H groups in total. The zero-order valence-corrected chi connectivity index (χ0v) is 43.6.